The lowest BCUT2D eigenvalue weighted by Gasteiger charge is -2.18. The van der Waals surface area contributed by atoms with Crippen molar-refractivity contribution in [1.82, 2.24) is 5.32 Å². The summed E-state index contributed by atoms with van der Waals surface area (Å²) in [6, 6.07) is 10.3. The fraction of sp³-hybridized carbons (Fsp3) is 0.250. The van der Waals surface area contributed by atoms with Crippen LogP contribution in [0.15, 0.2) is 42.5 Å². The van der Waals surface area contributed by atoms with Gasteiger partial charge >= 0.3 is 0 Å². The first kappa shape index (κ1) is 15.9. The highest BCUT2D eigenvalue weighted by atomic mass is 35.5. The number of halogens is 3. The first-order chi connectivity index (χ1) is 9.97. The van der Waals surface area contributed by atoms with Crippen LogP contribution in [-0.4, -0.2) is 11.7 Å². The van der Waals surface area contributed by atoms with Crippen molar-refractivity contribution < 1.29 is 13.9 Å². The van der Waals surface area contributed by atoms with Crippen molar-refractivity contribution in [2.75, 3.05) is 6.54 Å². The smallest absolute Gasteiger partial charge is 0.129 e. The monoisotopic (exact) mass is 311 g/mol. The van der Waals surface area contributed by atoms with Crippen molar-refractivity contribution in [2.24, 2.45) is 0 Å². The van der Waals surface area contributed by atoms with Gasteiger partial charge < -0.3 is 10.4 Å². The first-order valence-corrected chi connectivity index (χ1v) is 6.97. The Labute approximate surface area is 127 Å². The fourth-order valence-electron chi connectivity index (χ4n) is 2.04. The van der Waals surface area contributed by atoms with Crippen LogP contribution in [0.1, 0.15) is 30.2 Å². The summed E-state index contributed by atoms with van der Waals surface area (Å²) in [6.07, 6.45) is -1.12. The average molecular weight is 312 g/mol. The van der Waals surface area contributed by atoms with Crippen LogP contribution in [0.3, 0.4) is 0 Å². The van der Waals surface area contributed by atoms with E-state index in [-0.39, 0.29) is 18.2 Å². The van der Waals surface area contributed by atoms with Crippen molar-refractivity contribution in [2.45, 2.75) is 19.1 Å². The third kappa shape index (κ3) is 4.24. The van der Waals surface area contributed by atoms with Gasteiger partial charge in [0.05, 0.1) is 6.10 Å². The molecule has 21 heavy (non-hydrogen) atoms. The fourth-order valence-corrected chi connectivity index (χ4v) is 2.16. The van der Waals surface area contributed by atoms with E-state index in [9.17, 15) is 13.9 Å². The molecule has 0 fully saturated rings. The molecule has 0 bridgehead atoms. The zero-order valence-electron chi connectivity index (χ0n) is 11.5. The van der Waals surface area contributed by atoms with Crippen LogP contribution >= 0.6 is 11.6 Å². The number of aliphatic hydroxyl groups excluding tert-OH is 1. The Hall–Kier alpha value is -1.49. The van der Waals surface area contributed by atoms with Gasteiger partial charge in [-0.25, -0.2) is 8.78 Å². The molecule has 0 aliphatic carbocycles. The minimum Gasteiger partial charge on any atom is -0.387 e. The molecule has 0 aliphatic rings. The van der Waals surface area contributed by atoms with E-state index < -0.39 is 17.7 Å². The molecule has 0 aliphatic heterocycles. The number of hydrogen-bond acceptors (Lipinski definition) is 2. The SMILES string of the molecule is C[C@@H](NCC(O)c1cc(F)ccc1F)c1ccc(Cl)cc1. The summed E-state index contributed by atoms with van der Waals surface area (Å²) in [4.78, 5) is 0. The van der Waals surface area contributed by atoms with E-state index in [0.717, 1.165) is 23.8 Å². The maximum absolute atomic E-state index is 13.5. The quantitative estimate of drug-likeness (QED) is 0.874. The molecule has 2 N–H and O–H groups in total. The predicted octanol–water partition coefficient (Wildman–Crippen LogP) is 4.00. The lowest BCUT2D eigenvalue weighted by molar-refractivity contribution is 0.166. The van der Waals surface area contributed by atoms with Gasteiger partial charge in [-0.2, -0.15) is 0 Å². The molecule has 112 valence electrons. The van der Waals surface area contributed by atoms with E-state index in [4.69, 9.17) is 11.6 Å². The molecule has 0 spiro atoms. The van der Waals surface area contributed by atoms with Gasteiger partial charge in [-0.05, 0) is 42.8 Å². The summed E-state index contributed by atoms with van der Waals surface area (Å²) in [5.74, 6) is -1.19. The van der Waals surface area contributed by atoms with E-state index >= 15 is 0 Å². The summed E-state index contributed by atoms with van der Waals surface area (Å²) in [7, 11) is 0. The highest BCUT2D eigenvalue weighted by Gasteiger charge is 2.15. The largest absolute Gasteiger partial charge is 0.387 e. The van der Waals surface area contributed by atoms with Crippen LogP contribution in [0.2, 0.25) is 5.02 Å². The second kappa shape index (κ2) is 6.98. The highest BCUT2D eigenvalue weighted by molar-refractivity contribution is 6.30. The predicted molar refractivity (Wildman–Crippen MR) is 79.2 cm³/mol. The zero-order chi connectivity index (χ0) is 15.4. The normalized spacial score (nSPS) is 14.0. The average Bonchev–Trinajstić information content (AvgIpc) is 2.47. The maximum Gasteiger partial charge on any atom is 0.129 e. The van der Waals surface area contributed by atoms with Crippen molar-refractivity contribution in [1.29, 1.82) is 0 Å². The van der Waals surface area contributed by atoms with Crippen molar-refractivity contribution in [3.63, 3.8) is 0 Å². The summed E-state index contributed by atoms with van der Waals surface area (Å²) in [6.45, 7) is 2.03. The molecule has 0 saturated heterocycles. The van der Waals surface area contributed by atoms with E-state index in [1.54, 1.807) is 12.1 Å². The lowest BCUT2D eigenvalue weighted by atomic mass is 10.1. The molecule has 0 saturated carbocycles. The van der Waals surface area contributed by atoms with Gasteiger partial charge in [0, 0.05) is 23.2 Å². The van der Waals surface area contributed by atoms with Crippen LogP contribution < -0.4 is 5.32 Å². The Morgan fingerprint density at radius 3 is 2.48 bits per heavy atom. The third-order valence-electron chi connectivity index (χ3n) is 3.30. The molecule has 2 nitrogen and oxygen atoms in total. The minimum absolute atomic E-state index is 0.0477. The Bertz CT molecular complexity index is 604. The lowest BCUT2D eigenvalue weighted by Crippen LogP contribution is -2.25. The molecule has 2 aromatic rings. The van der Waals surface area contributed by atoms with Crippen LogP contribution in [0.4, 0.5) is 8.78 Å². The zero-order valence-corrected chi connectivity index (χ0v) is 12.2. The van der Waals surface area contributed by atoms with Gasteiger partial charge in [0.1, 0.15) is 11.6 Å². The standard InChI is InChI=1S/C16H16ClF2NO/c1-10(11-2-4-12(17)5-3-11)20-9-16(21)14-8-13(18)6-7-15(14)19/h2-8,10,16,20-21H,9H2,1H3/t10-,16?/m1/s1. The minimum atomic E-state index is -1.12. The number of aliphatic hydroxyl groups is 1. The van der Waals surface area contributed by atoms with Gasteiger partial charge in [-0.15, -0.1) is 0 Å². The number of hydrogen-bond donors (Lipinski definition) is 2. The molecule has 5 heteroatoms. The first-order valence-electron chi connectivity index (χ1n) is 6.59. The Balaban J connectivity index is 1.98. The maximum atomic E-state index is 13.5. The molecule has 0 amide bonds. The van der Waals surface area contributed by atoms with Gasteiger partial charge in [0.15, 0.2) is 0 Å². The van der Waals surface area contributed by atoms with E-state index in [0.29, 0.717) is 5.02 Å². The summed E-state index contributed by atoms with van der Waals surface area (Å²) in [5.41, 5.74) is 0.942. The number of nitrogens with one attached hydrogen (secondary N) is 1. The van der Waals surface area contributed by atoms with Gasteiger partial charge in [-0.1, -0.05) is 23.7 Å². The Kier molecular flexibility index (Phi) is 5.28. The molecule has 0 heterocycles. The molecule has 2 rings (SSSR count). The number of benzene rings is 2. The van der Waals surface area contributed by atoms with Gasteiger partial charge in [0.25, 0.3) is 0 Å². The summed E-state index contributed by atoms with van der Waals surface area (Å²) < 4.78 is 26.6. The Morgan fingerprint density at radius 2 is 1.81 bits per heavy atom. The molecule has 1 unspecified atom stereocenters. The highest BCUT2D eigenvalue weighted by Crippen LogP contribution is 2.20. The molecule has 2 atom stereocenters. The molecule has 0 aromatic heterocycles. The van der Waals surface area contributed by atoms with Crippen LogP contribution in [-0.2, 0) is 0 Å². The van der Waals surface area contributed by atoms with Crippen molar-refractivity contribution >= 4 is 11.6 Å². The van der Waals surface area contributed by atoms with Crippen LogP contribution in [0.25, 0.3) is 0 Å². The second-order valence-electron chi connectivity index (χ2n) is 4.86. The molecule has 2 aromatic carbocycles. The molecular formula is C16H16ClF2NO. The van der Waals surface area contributed by atoms with Crippen molar-refractivity contribution in [3.05, 3.63) is 70.2 Å². The molecular weight excluding hydrogens is 296 g/mol. The van der Waals surface area contributed by atoms with Crippen LogP contribution in [0.5, 0.6) is 0 Å². The molecule has 0 radical (unpaired) electrons. The van der Waals surface area contributed by atoms with Crippen molar-refractivity contribution in [3.8, 4) is 0 Å². The summed E-state index contributed by atoms with van der Waals surface area (Å²) in [5, 5.41) is 13.7. The van der Waals surface area contributed by atoms with E-state index in [2.05, 4.69) is 5.32 Å². The van der Waals surface area contributed by atoms with E-state index in [1.807, 2.05) is 19.1 Å². The Morgan fingerprint density at radius 1 is 1.14 bits per heavy atom. The van der Waals surface area contributed by atoms with E-state index in [1.165, 1.54) is 0 Å². The second-order valence-corrected chi connectivity index (χ2v) is 5.30. The summed E-state index contributed by atoms with van der Waals surface area (Å²) >= 11 is 5.82. The van der Waals surface area contributed by atoms with Gasteiger partial charge in [-0.3, -0.25) is 0 Å². The van der Waals surface area contributed by atoms with Gasteiger partial charge in [0.2, 0.25) is 0 Å². The number of rotatable bonds is 5. The third-order valence-corrected chi connectivity index (χ3v) is 3.56. The van der Waals surface area contributed by atoms with Crippen LogP contribution in [0, 0.1) is 11.6 Å². The topological polar surface area (TPSA) is 32.3 Å².